The Kier molecular flexibility index (Phi) is 2.97. The number of para-hydroxylation sites is 1. The molecule has 0 spiro atoms. The Balaban J connectivity index is 2.72. The van der Waals surface area contributed by atoms with Gasteiger partial charge in [0.25, 0.3) is 5.91 Å². The molecule has 0 aliphatic rings. The van der Waals surface area contributed by atoms with Gasteiger partial charge >= 0.3 is 0 Å². The molecule has 1 heterocycles. The molecule has 2 aromatic rings. The highest BCUT2D eigenvalue weighted by molar-refractivity contribution is 6.33. The SMILES string of the molecule is NC(=O)c1c(-c2ccccc2O)ccnc1Cl. The maximum atomic E-state index is 11.3. The lowest BCUT2D eigenvalue weighted by molar-refractivity contribution is 0.100. The summed E-state index contributed by atoms with van der Waals surface area (Å²) in [7, 11) is 0. The molecule has 0 aliphatic heterocycles. The molecule has 5 heteroatoms. The van der Waals surface area contributed by atoms with Crippen LogP contribution in [0, 0.1) is 0 Å². The van der Waals surface area contributed by atoms with E-state index in [2.05, 4.69) is 4.98 Å². The molecule has 0 saturated heterocycles. The van der Waals surface area contributed by atoms with Crippen molar-refractivity contribution in [3.05, 3.63) is 47.2 Å². The van der Waals surface area contributed by atoms with Gasteiger partial charge in [0, 0.05) is 17.3 Å². The Morgan fingerprint density at radius 3 is 2.59 bits per heavy atom. The van der Waals surface area contributed by atoms with Crippen molar-refractivity contribution in [2.45, 2.75) is 0 Å². The minimum atomic E-state index is -0.679. The number of primary amides is 1. The highest BCUT2D eigenvalue weighted by Gasteiger charge is 2.16. The average Bonchev–Trinajstić information content (AvgIpc) is 2.28. The second-order valence-electron chi connectivity index (χ2n) is 3.41. The van der Waals surface area contributed by atoms with E-state index in [1.807, 2.05) is 0 Å². The molecule has 1 aromatic carbocycles. The molecule has 0 unspecified atom stereocenters. The first-order valence-electron chi connectivity index (χ1n) is 4.84. The molecular weight excluding hydrogens is 240 g/mol. The molecule has 86 valence electrons. The average molecular weight is 249 g/mol. The smallest absolute Gasteiger partial charge is 0.252 e. The van der Waals surface area contributed by atoms with Gasteiger partial charge in [0.1, 0.15) is 10.9 Å². The molecule has 1 amide bonds. The first-order chi connectivity index (χ1) is 8.11. The fourth-order valence-electron chi connectivity index (χ4n) is 1.60. The number of rotatable bonds is 2. The van der Waals surface area contributed by atoms with E-state index in [1.165, 1.54) is 12.3 Å². The Morgan fingerprint density at radius 2 is 1.94 bits per heavy atom. The van der Waals surface area contributed by atoms with Gasteiger partial charge in [0.2, 0.25) is 0 Å². The summed E-state index contributed by atoms with van der Waals surface area (Å²) in [5, 5.41) is 9.77. The van der Waals surface area contributed by atoms with E-state index in [1.54, 1.807) is 24.3 Å². The van der Waals surface area contributed by atoms with Gasteiger partial charge in [-0.05, 0) is 12.1 Å². The van der Waals surface area contributed by atoms with Gasteiger partial charge in [-0.1, -0.05) is 29.8 Å². The van der Waals surface area contributed by atoms with E-state index < -0.39 is 5.91 Å². The maximum absolute atomic E-state index is 11.3. The summed E-state index contributed by atoms with van der Waals surface area (Å²) in [6.45, 7) is 0. The number of phenols is 1. The quantitative estimate of drug-likeness (QED) is 0.800. The van der Waals surface area contributed by atoms with Crippen molar-refractivity contribution in [2.75, 3.05) is 0 Å². The van der Waals surface area contributed by atoms with Crippen LogP contribution in [0.5, 0.6) is 5.75 Å². The lowest BCUT2D eigenvalue weighted by Crippen LogP contribution is -2.13. The number of nitrogens with two attached hydrogens (primary N) is 1. The third-order valence-corrected chi connectivity index (χ3v) is 2.63. The van der Waals surface area contributed by atoms with Crippen LogP contribution in [0.3, 0.4) is 0 Å². The molecule has 1 aromatic heterocycles. The number of aromatic hydroxyl groups is 1. The predicted molar refractivity (Wildman–Crippen MR) is 64.9 cm³/mol. The second-order valence-corrected chi connectivity index (χ2v) is 3.76. The standard InChI is InChI=1S/C12H9ClN2O2/c13-11-10(12(14)17)8(5-6-15-11)7-3-1-2-4-9(7)16/h1-6,16H,(H2,14,17). The summed E-state index contributed by atoms with van der Waals surface area (Å²) >= 11 is 5.83. The number of hydrogen-bond acceptors (Lipinski definition) is 3. The molecule has 0 radical (unpaired) electrons. The Bertz CT molecular complexity index is 584. The lowest BCUT2D eigenvalue weighted by atomic mass is 10.0. The summed E-state index contributed by atoms with van der Waals surface area (Å²) in [6, 6.07) is 8.21. The van der Waals surface area contributed by atoms with E-state index in [-0.39, 0.29) is 16.5 Å². The number of phenolic OH excluding ortho intramolecular Hbond substituents is 1. The van der Waals surface area contributed by atoms with Gasteiger partial charge in [-0.25, -0.2) is 4.98 Å². The predicted octanol–water partition coefficient (Wildman–Crippen LogP) is 2.21. The van der Waals surface area contributed by atoms with E-state index >= 15 is 0 Å². The summed E-state index contributed by atoms with van der Waals surface area (Å²) in [6.07, 6.45) is 1.45. The summed E-state index contributed by atoms with van der Waals surface area (Å²) in [4.78, 5) is 15.1. The first kappa shape index (κ1) is 11.4. The van der Waals surface area contributed by atoms with Crippen LogP contribution in [-0.2, 0) is 0 Å². The van der Waals surface area contributed by atoms with Gasteiger partial charge < -0.3 is 10.8 Å². The molecule has 0 fully saturated rings. The van der Waals surface area contributed by atoms with Crippen molar-refractivity contribution in [3.8, 4) is 16.9 Å². The second kappa shape index (κ2) is 4.43. The zero-order chi connectivity index (χ0) is 12.4. The number of pyridine rings is 1. The molecule has 3 N–H and O–H groups in total. The number of carbonyl (C=O) groups is 1. The van der Waals surface area contributed by atoms with Crippen LogP contribution in [-0.4, -0.2) is 16.0 Å². The molecule has 0 atom stereocenters. The molecule has 2 rings (SSSR count). The van der Waals surface area contributed by atoms with Gasteiger partial charge in [-0.3, -0.25) is 4.79 Å². The van der Waals surface area contributed by atoms with Gasteiger partial charge in [0.05, 0.1) is 5.56 Å². The van der Waals surface area contributed by atoms with Crippen molar-refractivity contribution in [2.24, 2.45) is 5.73 Å². The molecule has 0 bridgehead atoms. The maximum Gasteiger partial charge on any atom is 0.252 e. The largest absolute Gasteiger partial charge is 0.507 e. The lowest BCUT2D eigenvalue weighted by Gasteiger charge is -2.09. The van der Waals surface area contributed by atoms with Crippen LogP contribution < -0.4 is 5.73 Å². The van der Waals surface area contributed by atoms with Crippen molar-refractivity contribution in [3.63, 3.8) is 0 Å². The number of amides is 1. The Labute approximate surface area is 103 Å². The van der Waals surface area contributed by atoms with Crippen molar-refractivity contribution in [1.82, 2.24) is 4.98 Å². The third kappa shape index (κ3) is 2.07. The van der Waals surface area contributed by atoms with Crippen LogP contribution in [0.2, 0.25) is 5.15 Å². The highest BCUT2D eigenvalue weighted by atomic mass is 35.5. The fraction of sp³-hybridized carbons (Fsp3) is 0. The number of nitrogens with zero attached hydrogens (tertiary/aromatic N) is 1. The van der Waals surface area contributed by atoms with Crippen LogP contribution in [0.25, 0.3) is 11.1 Å². The normalized spacial score (nSPS) is 10.2. The van der Waals surface area contributed by atoms with E-state index in [0.717, 1.165) is 0 Å². The van der Waals surface area contributed by atoms with Crippen LogP contribution in [0.15, 0.2) is 36.5 Å². The van der Waals surface area contributed by atoms with Gasteiger partial charge in [-0.2, -0.15) is 0 Å². The van der Waals surface area contributed by atoms with E-state index in [9.17, 15) is 9.90 Å². The van der Waals surface area contributed by atoms with Crippen molar-refractivity contribution >= 4 is 17.5 Å². The molecule has 4 nitrogen and oxygen atoms in total. The van der Waals surface area contributed by atoms with Gasteiger partial charge in [-0.15, -0.1) is 0 Å². The van der Waals surface area contributed by atoms with E-state index in [4.69, 9.17) is 17.3 Å². The molecule has 17 heavy (non-hydrogen) atoms. The first-order valence-corrected chi connectivity index (χ1v) is 5.21. The van der Waals surface area contributed by atoms with E-state index in [0.29, 0.717) is 11.1 Å². The molecule has 0 saturated carbocycles. The van der Waals surface area contributed by atoms with Gasteiger partial charge in [0.15, 0.2) is 0 Å². The number of hydrogen-bond donors (Lipinski definition) is 2. The number of halogens is 1. The monoisotopic (exact) mass is 248 g/mol. The zero-order valence-electron chi connectivity index (χ0n) is 8.72. The minimum Gasteiger partial charge on any atom is -0.507 e. The zero-order valence-corrected chi connectivity index (χ0v) is 9.48. The van der Waals surface area contributed by atoms with Crippen LogP contribution in [0.1, 0.15) is 10.4 Å². The number of aromatic nitrogens is 1. The Hall–Kier alpha value is -2.07. The Morgan fingerprint density at radius 1 is 1.24 bits per heavy atom. The molecular formula is C12H9ClN2O2. The fourth-order valence-corrected chi connectivity index (χ4v) is 1.85. The number of benzene rings is 1. The summed E-state index contributed by atoms with van der Waals surface area (Å²) in [5.41, 5.74) is 6.32. The summed E-state index contributed by atoms with van der Waals surface area (Å²) in [5.74, 6) is -0.626. The summed E-state index contributed by atoms with van der Waals surface area (Å²) < 4.78 is 0. The third-order valence-electron chi connectivity index (χ3n) is 2.35. The minimum absolute atomic E-state index is 0.0262. The van der Waals surface area contributed by atoms with Crippen LogP contribution >= 0.6 is 11.6 Å². The van der Waals surface area contributed by atoms with Crippen LogP contribution in [0.4, 0.5) is 0 Å². The number of carbonyl (C=O) groups excluding carboxylic acids is 1. The van der Waals surface area contributed by atoms with Crippen molar-refractivity contribution in [1.29, 1.82) is 0 Å². The highest BCUT2D eigenvalue weighted by Crippen LogP contribution is 2.33. The topological polar surface area (TPSA) is 76.2 Å². The molecule has 0 aliphatic carbocycles. The van der Waals surface area contributed by atoms with Crippen molar-refractivity contribution < 1.29 is 9.90 Å².